The molecule has 2 aromatic rings. The van der Waals surface area contributed by atoms with Gasteiger partial charge in [0.2, 0.25) is 0 Å². The number of anilines is 1. The smallest absolute Gasteiger partial charge is 0.0949 e. The van der Waals surface area contributed by atoms with Crippen molar-refractivity contribution in [2.75, 3.05) is 19.0 Å². The average molecular weight is 311 g/mol. The van der Waals surface area contributed by atoms with Gasteiger partial charge in [-0.1, -0.05) is 18.2 Å². The Kier molecular flexibility index (Phi) is 4.70. The van der Waals surface area contributed by atoms with Gasteiger partial charge in [0, 0.05) is 30.9 Å². The van der Waals surface area contributed by atoms with Crippen LogP contribution in [0.2, 0.25) is 0 Å². The van der Waals surface area contributed by atoms with Crippen molar-refractivity contribution in [2.45, 2.75) is 0 Å². The van der Waals surface area contributed by atoms with Crippen LogP contribution in [0.3, 0.4) is 0 Å². The van der Waals surface area contributed by atoms with Crippen molar-refractivity contribution in [3.05, 3.63) is 53.6 Å². The fraction of sp³-hybridized carbons (Fsp3) is 0.125. The van der Waals surface area contributed by atoms with Crippen LogP contribution in [0.4, 0.5) is 17.1 Å². The third-order valence-corrected chi connectivity index (χ3v) is 3.11. The van der Waals surface area contributed by atoms with Crippen molar-refractivity contribution in [1.82, 2.24) is 0 Å². The van der Waals surface area contributed by atoms with Gasteiger partial charge in [0.1, 0.15) is 0 Å². The van der Waals surface area contributed by atoms with E-state index in [1.54, 1.807) is 31.1 Å². The minimum atomic E-state index is -1.39. The van der Waals surface area contributed by atoms with Gasteiger partial charge >= 0.3 is 0 Å². The monoisotopic (exact) mass is 311 g/mol. The average Bonchev–Trinajstić information content (AvgIpc) is 2.52. The molecule has 0 amide bonds. The molecule has 23 heavy (non-hydrogen) atoms. The van der Waals surface area contributed by atoms with E-state index in [0.29, 0.717) is 5.69 Å². The van der Waals surface area contributed by atoms with E-state index in [4.69, 9.17) is 0 Å². The summed E-state index contributed by atoms with van der Waals surface area (Å²) >= 11 is 0. The van der Waals surface area contributed by atoms with Gasteiger partial charge in [0.05, 0.1) is 23.3 Å². The van der Waals surface area contributed by atoms with Crippen LogP contribution in [0.15, 0.2) is 52.7 Å². The van der Waals surface area contributed by atoms with E-state index >= 15 is 0 Å². The second kappa shape index (κ2) is 6.69. The predicted molar refractivity (Wildman–Crippen MR) is 80.0 cm³/mol. The van der Waals surface area contributed by atoms with Crippen LogP contribution in [0.5, 0.6) is 0 Å². The van der Waals surface area contributed by atoms with Crippen LogP contribution in [-0.4, -0.2) is 26.0 Å². The molecule has 0 aromatic heterocycles. The Labute approximate surface area is 132 Å². The van der Waals surface area contributed by atoms with Crippen molar-refractivity contribution in [3.63, 3.8) is 0 Å². The molecular weight excluding hydrogens is 298 g/mol. The fourth-order valence-corrected chi connectivity index (χ4v) is 1.89. The highest BCUT2D eigenvalue weighted by atomic mass is 16.4. The molecule has 0 bridgehead atoms. The Bertz CT molecular complexity index is 785. The van der Waals surface area contributed by atoms with Crippen LogP contribution in [-0.2, 0) is 0 Å². The lowest BCUT2D eigenvalue weighted by molar-refractivity contribution is -0.256. The topological polar surface area (TPSA) is 108 Å². The number of nitrogens with zero attached hydrogens (tertiary/aromatic N) is 3. The molecule has 0 spiro atoms. The van der Waals surface area contributed by atoms with E-state index in [1.807, 2.05) is 0 Å². The maximum Gasteiger partial charge on any atom is 0.0949 e. The normalized spacial score (nSPS) is 10.7. The Balaban J connectivity index is 2.44. The first-order chi connectivity index (χ1) is 10.9. The number of rotatable bonds is 5. The van der Waals surface area contributed by atoms with Crippen LogP contribution in [0.25, 0.3) is 0 Å². The number of azo groups is 1. The van der Waals surface area contributed by atoms with Gasteiger partial charge in [0.25, 0.3) is 0 Å². The lowest BCUT2D eigenvalue weighted by Gasteiger charge is -2.15. The minimum absolute atomic E-state index is 0.0729. The molecule has 7 heteroatoms. The van der Waals surface area contributed by atoms with Crippen LogP contribution < -0.4 is 15.1 Å². The van der Waals surface area contributed by atoms with E-state index in [-0.39, 0.29) is 22.5 Å². The molecule has 118 valence electrons. The summed E-state index contributed by atoms with van der Waals surface area (Å²) < 4.78 is 0. The van der Waals surface area contributed by atoms with E-state index in [0.717, 1.165) is 0 Å². The van der Waals surface area contributed by atoms with Crippen LogP contribution in [0, 0.1) is 0 Å². The summed E-state index contributed by atoms with van der Waals surface area (Å²) in [6.07, 6.45) is 0. The number of aromatic carboxylic acids is 2. The minimum Gasteiger partial charge on any atom is -0.545 e. The number of carbonyl (C=O) groups excluding carboxylic acids is 2. The molecule has 0 heterocycles. The molecule has 0 aliphatic carbocycles. The number of carboxylic acid groups (broad SMARTS) is 2. The van der Waals surface area contributed by atoms with E-state index in [2.05, 4.69) is 10.2 Å². The largest absolute Gasteiger partial charge is 0.545 e. The first-order valence-corrected chi connectivity index (χ1v) is 6.65. The van der Waals surface area contributed by atoms with Gasteiger partial charge in [-0.2, -0.15) is 0 Å². The molecule has 0 aliphatic heterocycles. The first-order valence-electron chi connectivity index (χ1n) is 6.65. The molecular formula is C16H13N3O4-2. The summed E-state index contributed by atoms with van der Waals surface area (Å²) in [6, 6.07) is 10.5. The first kappa shape index (κ1) is 16.2. The molecule has 0 aliphatic rings. The molecule has 0 fully saturated rings. The number of carboxylic acids is 2. The molecule has 0 saturated carbocycles. The van der Waals surface area contributed by atoms with Crippen molar-refractivity contribution in [1.29, 1.82) is 0 Å². The zero-order valence-electron chi connectivity index (χ0n) is 12.5. The van der Waals surface area contributed by atoms with Crippen molar-refractivity contribution in [3.8, 4) is 0 Å². The number of hydrogen-bond acceptors (Lipinski definition) is 7. The molecule has 2 aromatic carbocycles. The van der Waals surface area contributed by atoms with Gasteiger partial charge in [-0.25, -0.2) is 0 Å². The molecule has 0 unspecified atom stereocenters. The van der Waals surface area contributed by atoms with Gasteiger partial charge < -0.3 is 24.7 Å². The number of carbonyl (C=O) groups is 2. The third kappa shape index (κ3) is 3.70. The van der Waals surface area contributed by atoms with Gasteiger partial charge in [-0.3, -0.25) is 0 Å². The Morgan fingerprint density at radius 3 is 2.00 bits per heavy atom. The maximum absolute atomic E-state index is 11.2. The molecule has 0 atom stereocenters. The number of benzene rings is 2. The highest BCUT2D eigenvalue weighted by Crippen LogP contribution is 2.27. The molecule has 7 nitrogen and oxygen atoms in total. The second-order valence-corrected chi connectivity index (χ2v) is 4.89. The van der Waals surface area contributed by atoms with Crippen LogP contribution in [0.1, 0.15) is 20.7 Å². The number of hydrogen-bond donors (Lipinski definition) is 0. The standard InChI is InChI=1S/C16H15N3O4/c1-19(2)10-7-8-14(12(9-10)16(22)23)18-17-13-6-4-3-5-11(13)15(20)21/h3-9H,1-2H3,(H,20,21)(H,22,23)/p-2. The highest BCUT2D eigenvalue weighted by molar-refractivity contribution is 5.93. The summed E-state index contributed by atoms with van der Waals surface area (Å²) in [5.74, 6) is -2.78. The summed E-state index contributed by atoms with van der Waals surface area (Å²) in [7, 11) is 3.54. The highest BCUT2D eigenvalue weighted by Gasteiger charge is 2.07. The lowest BCUT2D eigenvalue weighted by Crippen LogP contribution is -2.23. The summed E-state index contributed by atoms with van der Waals surface area (Å²) in [6.45, 7) is 0. The van der Waals surface area contributed by atoms with Crippen molar-refractivity contribution < 1.29 is 19.8 Å². The Morgan fingerprint density at radius 1 is 0.870 bits per heavy atom. The zero-order chi connectivity index (χ0) is 17.0. The second-order valence-electron chi connectivity index (χ2n) is 4.89. The Morgan fingerprint density at radius 2 is 1.43 bits per heavy atom. The van der Waals surface area contributed by atoms with Crippen LogP contribution >= 0.6 is 0 Å². The molecule has 0 radical (unpaired) electrons. The quantitative estimate of drug-likeness (QED) is 0.762. The predicted octanol–water partition coefficient (Wildman–Crippen LogP) is 0.895. The Hall–Kier alpha value is -3.22. The van der Waals surface area contributed by atoms with Crippen molar-refractivity contribution in [2.24, 2.45) is 10.2 Å². The van der Waals surface area contributed by atoms with Crippen molar-refractivity contribution >= 4 is 29.0 Å². The third-order valence-electron chi connectivity index (χ3n) is 3.11. The summed E-state index contributed by atoms with van der Waals surface area (Å²) in [5, 5.41) is 29.9. The van der Waals surface area contributed by atoms with Gasteiger partial charge in [-0.05, 0) is 24.3 Å². The van der Waals surface area contributed by atoms with E-state index in [9.17, 15) is 19.8 Å². The summed E-state index contributed by atoms with van der Waals surface area (Å²) in [5.41, 5.74) is 0.553. The van der Waals surface area contributed by atoms with Gasteiger partial charge in [-0.15, -0.1) is 10.2 Å². The van der Waals surface area contributed by atoms with Gasteiger partial charge in [0.15, 0.2) is 0 Å². The van der Waals surface area contributed by atoms with E-state index < -0.39 is 11.9 Å². The maximum atomic E-state index is 11.2. The zero-order valence-corrected chi connectivity index (χ0v) is 12.5. The SMILES string of the molecule is CN(C)c1ccc(N=Nc2ccccc2C(=O)[O-])c(C(=O)[O-])c1. The lowest BCUT2D eigenvalue weighted by atomic mass is 10.1. The molecule has 0 N–H and O–H groups in total. The van der Waals surface area contributed by atoms with E-state index in [1.165, 1.54) is 30.3 Å². The molecule has 2 rings (SSSR count). The fourth-order valence-electron chi connectivity index (χ4n) is 1.89. The molecule has 0 saturated heterocycles. The summed E-state index contributed by atoms with van der Waals surface area (Å²) in [4.78, 5) is 24.0.